The molecule has 0 spiro atoms. The van der Waals surface area contributed by atoms with Crippen LogP contribution in [0.1, 0.15) is 31.9 Å². The van der Waals surface area contributed by atoms with E-state index in [9.17, 15) is 0 Å². The van der Waals surface area contributed by atoms with Gasteiger partial charge >= 0.3 is 0 Å². The third-order valence-corrected chi connectivity index (χ3v) is 2.34. The van der Waals surface area contributed by atoms with Crippen molar-refractivity contribution in [3.05, 3.63) is 18.0 Å². The minimum Gasteiger partial charge on any atom is -0.382 e. The SMILES string of the molecule is CCOCCCNC(C)c1cnn(C)c1. The Kier molecular flexibility index (Phi) is 5.36. The van der Waals surface area contributed by atoms with E-state index in [2.05, 4.69) is 17.3 Å². The average molecular weight is 211 g/mol. The molecule has 0 aromatic carbocycles. The van der Waals surface area contributed by atoms with E-state index in [-0.39, 0.29) is 0 Å². The molecule has 0 amide bonds. The van der Waals surface area contributed by atoms with Crippen molar-refractivity contribution in [1.29, 1.82) is 0 Å². The lowest BCUT2D eigenvalue weighted by Crippen LogP contribution is -2.20. The Morgan fingerprint density at radius 2 is 2.40 bits per heavy atom. The smallest absolute Gasteiger partial charge is 0.0537 e. The number of ether oxygens (including phenoxy) is 1. The van der Waals surface area contributed by atoms with Gasteiger partial charge in [-0.3, -0.25) is 4.68 Å². The van der Waals surface area contributed by atoms with Gasteiger partial charge in [0.15, 0.2) is 0 Å². The molecule has 1 unspecified atom stereocenters. The summed E-state index contributed by atoms with van der Waals surface area (Å²) in [5.74, 6) is 0. The third-order valence-electron chi connectivity index (χ3n) is 2.34. The van der Waals surface area contributed by atoms with E-state index in [0.717, 1.165) is 26.2 Å². The van der Waals surface area contributed by atoms with Crippen LogP contribution in [0.3, 0.4) is 0 Å². The van der Waals surface area contributed by atoms with Crippen LogP contribution in [-0.2, 0) is 11.8 Å². The highest BCUT2D eigenvalue weighted by Gasteiger charge is 2.05. The van der Waals surface area contributed by atoms with Crippen molar-refractivity contribution >= 4 is 0 Å². The zero-order chi connectivity index (χ0) is 11.1. The number of nitrogens with zero attached hydrogens (tertiary/aromatic N) is 2. The predicted octanol–water partition coefficient (Wildman–Crippen LogP) is 1.50. The summed E-state index contributed by atoms with van der Waals surface area (Å²) >= 11 is 0. The van der Waals surface area contributed by atoms with E-state index in [1.165, 1.54) is 5.56 Å². The van der Waals surface area contributed by atoms with Crippen LogP contribution >= 0.6 is 0 Å². The maximum atomic E-state index is 5.27. The van der Waals surface area contributed by atoms with Crippen LogP contribution in [0.5, 0.6) is 0 Å². The molecule has 1 aromatic rings. The molecule has 4 nitrogen and oxygen atoms in total. The standard InChI is InChI=1S/C11H21N3O/c1-4-15-7-5-6-12-10(2)11-8-13-14(3)9-11/h8-10,12H,4-7H2,1-3H3. The van der Waals surface area contributed by atoms with Gasteiger partial charge in [0.2, 0.25) is 0 Å². The Morgan fingerprint density at radius 1 is 1.60 bits per heavy atom. The van der Waals surface area contributed by atoms with Crippen molar-refractivity contribution in [2.75, 3.05) is 19.8 Å². The Hall–Kier alpha value is -0.870. The molecule has 0 saturated heterocycles. The zero-order valence-electron chi connectivity index (χ0n) is 9.86. The first-order valence-corrected chi connectivity index (χ1v) is 5.53. The van der Waals surface area contributed by atoms with Crippen molar-refractivity contribution in [3.8, 4) is 0 Å². The molecule has 1 rings (SSSR count). The molecular weight excluding hydrogens is 190 g/mol. The second-order valence-electron chi connectivity index (χ2n) is 3.67. The number of nitrogens with one attached hydrogen (secondary N) is 1. The Morgan fingerprint density at radius 3 is 3.00 bits per heavy atom. The van der Waals surface area contributed by atoms with Crippen molar-refractivity contribution in [3.63, 3.8) is 0 Å². The summed E-state index contributed by atoms with van der Waals surface area (Å²) in [7, 11) is 1.94. The summed E-state index contributed by atoms with van der Waals surface area (Å²) in [6.45, 7) is 6.79. The summed E-state index contributed by atoms with van der Waals surface area (Å²) in [4.78, 5) is 0. The number of aryl methyl sites for hydroxylation is 1. The van der Waals surface area contributed by atoms with E-state index in [1.807, 2.05) is 31.0 Å². The number of hydrogen-bond acceptors (Lipinski definition) is 3. The lowest BCUT2D eigenvalue weighted by Gasteiger charge is -2.11. The maximum absolute atomic E-state index is 5.27. The minimum atomic E-state index is 0.361. The van der Waals surface area contributed by atoms with E-state index in [4.69, 9.17) is 4.74 Å². The monoisotopic (exact) mass is 211 g/mol. The second kappa shape index (κ2) is 6.58. The molecule has 86 valence electrons. The van der Waals surface area contributed by atoms with Crippen molar-refractivity contribution in [2.24, 2.45) is 7.05 Å². The number of rotatable bonds is 7. The van der Waals surface area contributed by atoms with E-state index in [0.29, 0.717) is 6.04 Å². The fourth-order valence-corrected chi connectivity index (χ4v) is 1.42. The topological polar surface area (TPSA) is 39.1 Å². The van der Waals surface area contributed by atoms with Gasteiger partial charge in [0.25, 0.3) is 0 Å². The number of hydrogen-bond donors (Lipinski definition) is 1. The molecule has 0 bridgehead atoms. The van der Waals surface area contributed by atoms with Crippen LogP contribution in [0.15, 0.2) is 12.4 Å². The lowest BCUT2D eigenvalue weighted by atomic mass is 10.2. The van der Waals surface area contributed by atoms with Gasteiger partial charge in [-0.05, 0) is 26.8 Å². The molecule has 1 N–H and O–H groups in total. The molecule has 15 heavy (non-hydrogen) atoms. The fraction of sp³-hybridized carbons (Fsp3) is 0.727. The highest BCUT2D eigenvalue weighted by molar-refractivity contribution is 5.08. The molecule has 1 aromatic heterocycles. The molecule has 1 atom stereocenters. The fourth-order valence-electron chi connectivity index (χ4n) is 1.42. The van der Waals surface area contributed by atoms with Gasteiger partial charge in [0, 0.05) is 38.1 Å². The lowest BCUT2D eigenvalue weighted by molar-refractivity contribution is 0.144. The van der Waals surface area contributed by atoms with Crippen LogP contribution in [0.4, 0.5) is 0 Å². The van der Waals surface area contributed by atoms with Gasteiger partial charge in [-0.15, -0.1) is 0 Å². The van der Waals surface area contributed by atoms with Crippen molar-refractivity contribution < 1.29 is 4.74 Å². The first kappa shape index (κ1) is 12.2. The van der Waals surface area contributed by atoms with Crippen LogP contribution in [0.2, 0.25) is 0 Å². The van der Waals surface area contributed by atoms with Crippen molar-refractivity contribution in [2.45, 2.75) is 26.3 Å². The predicted molar refractivity (Wildman–Crippen MR) is 60.7 cm³/mol. The Labute approximate surface area is 91.6 Å². The summed E-state index contributed by atoms with van der Waals surface area (Å²) in [6.07, 6.45) is 5.00. The molecule has 0 fully saturated rings. The molecule has 0 aliphatic rings. The highest BCUT2D eigenvalue weighted by atomic mass is 16.5. The first-order valence-electron chi connectivity index (χ1n) is 5.53. The van der Waals surface area contributed by atoms with Crippen LogP contribution in [-0.4, -0.2) is 29.5 Å². The normalized spacial score (nSPS) is 13.0. The summed E-state index contributed by atoms with van der Waals surface area (Å²) in [6, 6.07) is 0.361. The number of aromatic nitrogens is 2. The quantitative estimate of drug-likeness (QED) is 0.695. The third kappa shape index (κ3) is 4.44. The molecular formula is C11H21N3O. The average Bonchev–Trinajstić information content (AvgIpc) is 2.64. The molecule has 0 radical (unpaired) electrons. The molecule has 1 heterocycles. The first-order chi connectivity index (χ1) is 7.24. The van der Waals surface area contributed by atoms with E-state index in [1.54, 1.807) is 0 Å². The largest absolute Gasteiger partial charge is 0.382 e. The van der Waals surface area contributed by atoms with Crippen LogP contribution in [0.25, 0.3) is 0 Å². The van der Waals surface area contributed by atoms with Gasteiger partial charge in [-0.2, -0.15) is 5.10 Å². The highest BCUT2D eigenvalue weighted by Crippen LogP contribution is 2.09. The van der Waals surface area contributed by atoms with Gasteiger partial charge < -0.3 is 10.1 Å². The second-order valence-corrected chi connectivity index (χ2v) is 3.67. The summed E-state index contributed by atoms with van der Waals surface area (Å²) in [5, 5.41) is 7.59. The van der Waals surface area contributed by atoms with E-state index < -0.39 is 0 Å². The van der Waals surface area contributed by atoms with Crippen LogP contribution in [0, 0.1) is 0 Å². The van der Waals surface area contributed by atoms with Crippen LogP contribution < -0.4 is 5.32 Å². The van der Waals surface area contributed by atoms with Gasteiger partial charge in [0.05, 0.1) is 6.20 Å². The van der Waals surface area contributed by atoms with Gasteiger partial charge in [-0.1, -0.05) is 0 Å². The Balaban J connectivity index is 2.16. The molecule has 4 heteroatoms. The maximum Gasteiger partial charge on any atom is 0.0537 e. The molecule has 0 aliphatic heterocycles. The molecule has 0 saturated carbocycles. The van der Waals surface area contributed by atoms with E-state index >= 15 is 0 Å². The van der Waals surface area contributed by atoms with Gasteiger partial charge in [0.1, 0.15) is 0 Å². The van der Waals surface area contributed by atoms with Crippen molar-refractivity contribution in [1.82, 2.24) is 15.1 Å². The minimum absolute atomic E-state index is 0.361. The Bertz CT molecular complexity index is 273. The summed E-state index contributed by atoms with van der Waals surface area (Å²) < 4.78 is 7.10. The summed E-state index contributed by atoms with van der Waals surface area (Å²) in [5.41, 5.74) is 1.23. The van der Waals surface area contributed by atoms with Gasteiger partial charge in [-0.25, -0.2) is 0 Å². The zero-order valence-corrected chi connectivity index (χ0v) is 9.86. The molecule has 0 aliphatic carbocycles.